The lowest BCUT2D eigenvalue weighted by molar-refractivity contribution is -0.384. The highest BCUT2D eigenvalue weighted by Crippen LogP contribution is 2.27. The number of benzene rings is 1. The molecule has 0 radical (unpaired) electrons. The Morgan fingerprint density at radius 2 is 2.16 bits per heavy atom. The number of rotatable bonds is 4. The molecule has 0 aliphatic heterocycles. The van der Waals surface area contributed by atoms with Crippen molar-refractivity contribution in [2.75, 3.05) is 5.32 Å². The van der Waals surface area contributed by atoms with Gasteiger partial charge in [-0.1, -0.05) is 11.6 Å². The van der Waals surface area contributed by atoms with Crippen molar-refractivity contribution in [1.82, 2.24) is 4.98 Å². The minimum Gasteiger partial charge on any atom is -0.379 e. The number of pyridine rings is 1. The average Bonchev–Trinajstić information content (AvgIpc) is 2.37. The van der Waals surface area contributed by atoms with Crippen molar-refractivity contribution in [3.05, 3.63) is 61.8 Å². The Hall–Kier alpha value is -1.66. The van der Waals surface area contributed by atoms with E-state index in [0.29, 0.717) is 17.3 Å². The number of nitrogens with one attached hydrogen (secondary N) is 1. The molecule has 0 spiro atoms. The molecule has 19 heavy (non-hydrogen) atoms. The molecule has 0 atom stereocenters. The summed E-state index contributed by atoms with van der Waals surface area (Å²) in [7, 11) is 0. The molecule has 1 aromatic carbocycles. The van der Waals surface area contributed by atoms with Gasteiger partial charge in [-0.2, -0.15) is 0 Å². The zero-order chi connectivity index (χ0) is 13.8. The molecule has 1 N–H and O–H groups in total. The summed E-state index contributed by atoms with van der Waals surface area (Å²) in [6, 6.07) is 6.19. The number of hydrogen-bond donors (Lipinski definition) is 1. The number of aromatic nitrogens is 1. The van der Waals surface area contributed by atoms with Gasteiger partial charge in [0, 0.05) is 35.5 Å². The number of non-ortho nitro benzene ring substituents is 1. The number of nitro groups is 1. The van der Waals surface area contributed by atoms with E-state index in [1.165, 1.54) is 18.2 Å². The molecule has 0 fully saturated rings. The van der Waals surface area contributed by atoms with E-state index in [-0.39, 0.29) is 5.69 Å². The molecule has 0 saturated carbocycles. The van der Waals surface area contributed by atoms with Crippen molar-refractivity contribution < 1.29 is 4.92 Å². The first-order valence-corrected chi connectivity index (χ1v) is 6.50. The molecule has 1 heterocycles. The summed E-state index contributed by atoms with van der Waals surface area (Å²) in [6.07, 6.45) is 3.40. The first-order valence-electron chi connectivity index (χ1n) is 5.33. The second-order valence-electron chi connectivity index (χ2n) is 3.79. The van der Waals surface area contributed by atoms with E-state index >= 15 is 0 Å². The fourth-order valence-corrected chi connectivity index (χ4v) is 2.11. The lowest BCUT2D eigenvalue weighted by Crippen LogP contribution is -2.01. The van der Waals surface area contributed by atoms with E-state index in [4.69, 9.17) is 11.6 Å². The molecular formula is C12H9BrClN3O2. The van der Waals surface area contributed by atoms with Crippen LogP contribution < -0.4 is 5.32 Å². The third-order valence-electron chi connectivity index (χ3n) is 2.41. The van der Waals surface area contributed by atoms with Gasteiger partial charge in [0.1, 0.15) is 0 Å². The quantitative estimate of drug-likeness (QED) is 0.673. The van der Waals surface area contributed by atoms with Crippen molar-refractivity contribution in [3.8, 4) is 0 Å². The van der Waals surface area contributed by atoms with Gasteiger partial charge in [-0.05, 0) is 33.6 Å². The van der Waals surface area contributed by atoms with Crippen LogP contribution in [0, 0.1) is 10.1 Å². The van der Waals surface area contributed by atoms with Crippen LogP contribution in [0.25, 0.3) is 0 Å². The molecule has 0 unspecified atom stereocenters. The van der Waals surface area contributed by atoms with Crippen molar-refractivity contribution >= 4 is 38.9 Å². The van der Waals surface area contributed by atoms with Gasteiger partial charge in [-0.25, -0.2) is 0 Å². The smallest absolute Gasteiger partial charge is 0.271 e. The highest BCUT2D eigenvalue weighted by molar-refractivity contribution is 9.10. The summed E-state index contributed by atoms with van der Waals surface area (Å²) in [5.74, 6) is 0. The van der Waals surface area contributed by atoms with E-state index in [2.05, 4.69) is 26.2 Å². The monoisotopic (exact) mass is 341 g/mol. The normalized spacial score (nSPS) is 10.2. The Kier molecular flexibility index (Phi) is 4.34. The van der Waals surface area contributed by atoms with Crippen molar-refractivity contribution in [2.24, 2.45) is 0 Å². The summed E-state index contributed by atoms with van der Waals surface area (Å²) in [6.45, 7) is 0.479. The Bertz CT molecular complexity index is 622. The van der Waals surface area contributed by atoms with Gasteiger partial charge in [-0.3, -0.25) is 15.1 Å². The summed E-state index contributed by atoms with van der Waals surface area (Å²) >= 11 is 9.32. The topological polar surface area (TPSA) is 68.1 Å². The van der Waals surface area contributed by atoms with Crippen molar-refractivity contribution in [3.63, 3.8) is 0 Å². The molecule has 1 aromatic heterocycles. The summed E-state index contributed by atoms with van der Waals surface area (Å²) in [5.41, 5.74) is 1.46. The van der Waals surface area contributed by atoms with Crippen LogP contribution in [0.15, 0.2) is 41.1 Å². The van der Waals surface area contributed by atoms with Crippen LogP contribution in [-0.2, 0) is 6.54 Å². The maximum Gasteiger partial charge on any atom is 0.271 e. The Labute approximate surface area is 122 Å². The van der Waals surface area contributed by atoms with E-state index in [1.54, 1.807) is 12.4 Å². The Balaban J connectivity index is 2.15. The molecule has 2 aromatic rings. The van der Waals surface area contributed by atoms with E-state index in [9.17, 15) is 10.1 Å². The lowest BCUT2D eigenvalue weighted by atomic mass is 10.2. The molecule has 0 aliphatic rings. The third kappa shape index (κ3) is 3.65. The van der Waals surface area contributed by atoms with Gasteiger partial charge >= 0.3 is 0 Å². The summed E-state index contributed by atoms with van der Waals surface area (Å²) in [4.78, 5) is 14.3. The molecule has 0 aliphatic carbocycles. The van der Waals surface area contributed by atoms with Crippen LogP contribution in [0.3, 0.4) is 0 Å². The first-order chi connectivity index (χ1) is 9.06. The van der Waals surface area contributed by atoms with Gasteiger partial charge in [-0.15, -0.1) is 0 Å². The third-order valence-corrected chi connectivity index (χ3v) is 3.17. The molecule has 98 valence electrons. The number of hydrogen-bond acceptors (Lipinski definition) is 4. The number of anilines is 1. The van der Waals surface area contributed by atoms with Gasteiger partial charge in [0.05, 0.1) is 15.6 Å². The molecule has 5 nitrogen and oxygen atoms in total. The lowest BCUT2D eigenvalue weighted by Gasteiger charge is -2.08. The largest absolute Gasteiger partial charge is 0.379 e. The minimum atomic E-state index is -0.456. The van der Waals surface area contributed by atoms with E-state index in [1.807, 2.05) is 6.07 Å². The van der Waals surface area contributed by atoms with Crippen molar-refractivity contribution in [1.29, 1.82) is 0 Å². The summed E-state index contributed by atoms with van der Waals surface area (Å²) in [5, 5.41) is 14.2. The first kappa shape index (κ1) is 13.8. The molecule has 0 amide bonds. The van der Waals surface area contributed by atoms with Crippen LogP contribution in [0.5, 0.6) is 0 Å². The maximum absolute atomic E-state index is 10.7. The molecule has 0 saturated heterocycles. The molecule has 0 bridgehead atoms. The average molecular weight is 343 g/mol. The SMILES string of the molecule is O=[N+]([O-])c1ccc(Cl)c(NCc2cncc(Br)c2)c1. The second kappa shape index (κ2) is 5.99. The fraction of sp³-hybridized carbons (Fsp3) is 0.0833. The molecule has 2 rings (SSSR count). The maximum atomic E-state index is 10.7. The molecular weight excluding hydrogens is 334 g/mol. The van der Waals surface area contributed by atoms with E-state index in [0.717, 1.165) is 10.0 Å². The highest BCUT2D eigenvalue weighted by atomic mass is 79.9. The van der Waals surface area contributed by atoms with Crippen LogP contribution in [0.4, 0.5) is 11.4 Å². The zero-order valence-corrected chi connectivity index (χ0v) is 12.0. The highest BCUT2D eigenvalue weighted by Gasteiger charge is 2.09. The van der Waals surface area contributed by atoms with Gasteiger partial charge in [0.2, 0.25) is 0 Å². The van der Waals surface area contributed by atoms with Crippen molar-refractivity contribution in [2.45, 2.75) is 6.54 Å². The number of halogens is 2. The predicted molar refractivity (Wildman–Crippen MR) is 77.4 cm³/mol. The summed E-state index contributed by atoms with van der Waals surface area (Å²) < 4.78 is 0.872. The standard InChI is InChI=1S/C12H9BrClN3O2/c13-9-3-8(5-15-7-9)6-16-12-4-10(17(18)19)1-2-11(12)14/h1-5,7,16H,6H2. The second-order valence-corrected chi connectivity index (χ2v) is 5.11. The van der Waals surface area contributed by atoms with Crippen LogP contribution in [-0.4, -0.2) is 9.91 Å². The van der Waals surface area contributed by atoms with Gasteiger partial charge in [0.15, 0.2) is 0 Å². The predicted octanol–water partition coefficient (Wildman–Crippen LogP) is 4.02. The van der Waals surface area contributed by atoms with Gasteiger partial charge < -0.3 is 5.32 Å². The van der Waals surface area contributed by atoms with Gasteiger partial charge in [0.25, 0.3) is 5.69 Å². The number of nitrogens with zero attached hydrogens (tertiary/aromatic N) is 2. The van der Waals surface area contributed by atoms with E-state index < -0.39 is 4.92 Å². The fourth-order valence-electron chi connectivity index (χ4n) is 1.51. The van der Waals surface area contributed by atoms with Crippen LogP contribution in [0.1, 0.15) is 5.56 Å². The Morgan fingerprint density at radius 1 is 1.37 bits per heavy atom. The Morgan fingerprint density at radius 3 is 2.84 bits per heavy atom. The van der Waals surface area contributed by atoms with Crippen LogP contribution >= 0.6 is 27.5 Å². The zero-order valence-electron chi connectivity index (χ0n) is 9.64. The molecule has 7 heteroatoms. The van der Waals surface area contributed by atoms with Crippen LogP contribution in [0.2, 0.25) is 5.02 Å². The number of nitro benzene ring substituents is 1. The minimum absolute atomic E-state index is 0.000678.